The quantitative estimate of drug-likeness (QED) is 0.445. The van der Waals surface area contributed by atoms with Crippen LogP contribution in [0.4, 0.5) is 9.59 Å². The topological polar surface area (TPSA) is 95.9 Å². The normalized spacial score (nSPS) is 17.6. The van der Waals surface area contributed by atoms with Crippen LogP contribution < -0.4 is 10.1 Å². The van der Waals surface area contributed by atoms with Crippen molar-refractivity contribution < 1.29 is 28.6 Å². The number of hydrogen-bond donors (Lipinski definition) is 1. The third kappa shape index (κ3) is 6.01. The fourth-order valence-electron chi connectivity index (χ4n) is 4.62. The maximum absolute atomic E-state index is 13.5. The van der Waals surface area contributed by atoms with Gasteiger partial charge in [0.2, 0.25) is 0 Å². The molecule has 1 N–H and O–H groups in total. The molecule has 1 amide bonds. The van der Waals surface area contributed by atoms with Crippen molar-refractivity contribution in [2.75, 3.05) is 0 Å². The Bertz CT molecular complexity index is 1360. The Kier molecular flexibility index (Phi) is 7.28. The van der Waals surface area contributed by atoms with Crippen LogP contribution in [0.5, 0.6) is 5.75 Å². The van der Waals surface area contributed by atoms with E-state index in [0.29, 0.717) is 17.9 Å². The van der Waals surface area contributed by atoms with E-state index < -0.39 is 35.3 Å². The lowest BCUT2D eigenvalue weighted by atomic mass is 9.92. The average molecular weight is 521 g/mol. The fourth-order valence-corrected chi connectivity index (χ4v) is 4.62. The molecular formula is C30H36N2O6. The third-order valence-corrected chi connectivity index (χ3v) is 6.20. The highest BCUT2D eigenvalue weighted by Gasteiger charge is 2.36. The van der Waals surface area contributed by atoms with Gasteiger partial charge in [-0.2, -0.15) is 0 Å². The van der Waals surface area contributed by atoms with E-state index in [2.05, 4.69) is 5.32 Å². The van der Waals surface area contributed by atoms with E-state index >= 15 is 0 Å². The number of ketones is 1. The number of nitrogens with one attached hydrogen (secondary N) is 1. The number of carbonyl (C=O) groups is 3. The number of aromatic nitrogens is 1. The van der Waals surface area contributed by atoms with Crippen LogP contribution in [0.15, 0.2) is 48.7 Å². The molecule has 1 aliphatic rings. The molecule has 0 unspecified atom stereocenters. The minimum absolute atomic E-state index is 0.130. The second kappa shape index (κ2) is 10.2. The van der Waals surface area contributed by atoms with E-state index in [-0.39, 0.29) is 12.2 Å². The molecule has 8 heteroatoms. The SMILES string of the molecule is C[C@H]1C(=O)[C@@H](NC(=O)OC(C)(C)C)Cc2cn(C(=O)OC(C)(C)C)c3c(OCc4ccccc4)ccc1c23. The highest BCUT2D eigenvalue weighted by molar-refractivity contribution is 6.04. The maximum atomic E-state index is 13.5. The number of hydrogen-bond acceptors (Lipinski definition) is 6. The van der Waals surface area contributed by atoms with E-state index in [1.807, 2.05) is 43.3 Å². The lowest BCUT2D eigenvalue weighted by Crippen LogP contribution is -2.45. The summed E-state index contributed by atoms with van der Waals surface area (Å²) in [6.45, 7) is 12.8. The first kappa shape index (κ1) is 27.2. The Morgan fingerprint density at radius 2 is 1.63 bits per heavy atom. The van der Waals surface area contributed by atoms with Crippen molar-refractivity contribution in [1.82, 2.24) is 9.88 Å². The summed E-state index contributed by atoms with van der Waals surface area (Å²) >= 11 is 0. The fraction of sp³-hybridized carbons (Fsp3) is 0.433. The number of ether oxygens (including phenoxy) is 3. The van der Waals surface area contributed by atoms with Gasteiger partial charge in [0.25, 0.3) is 0 Å². The predicted molar refractivity (Wildman–Crippen MR) is 145 cm³/mol. The molecule has 0 fully saturated rings. The number of rotatable bonds is 4. The zero-order chi connectivity index (χ0) is 27.8. The minimum Gasteiger partial charge on any atom is -0.487 e. The van der Waals surface area contributed by atoms with Crippen LogP contribution in [0.3, 0.4) is 0 Å². The summed E-state index contributed by atoms with van der Waals surface area (Å²) in [7, 11) is 0. The average Bonchev–Trinajstić information content (AvgIpc) is 3.15. The third-order valence-electron chi connectivity index (χ3n) is 6.20. The Hall–Kier alpha value is -3.81. The summed E-state index contributed by atoms with van der Waals surface area (Å²) in [4.78, 5) is 39.4. The van der Waals surface area contributed by atoms with Gasteiger partial charge in [0.15, 0.2) is 5.78 Å². The number of benzene rings is 2. The molecular weight excluding hydrogens is 484 g/mol. The number of Topliss-reactive ketones (excluding diaryl/α,β-unsaturated/α-hetero) is 1. The predicted octanol–water partition coefficient (Wildman–Crippen LogP) is 6.13. The van der Waals surface area contributed by atoms with Gasteiger partial charge in [-0.15, -0.1) is 0 Å². The summed E-state index contributed by atoms with van der Waals surface area (Å²) < 4.78 is 18.8. The van der Waals surface area contributed by atoms with Crippen molar-refractivity contribution in [2.24, 2.45) is 0 Å². The zero-order valence-electron chi connectivity index (χ0n) is 23.1. The summed E-state index contributed by atoms with van der Waals surface area (Å²) in [5.74, 6) is -0.158. The molecule has 1 heterocycles. The molecule has 4 rings (SSSR count). The van der Waals surface area contributed by atoms with Crippen LogP contribution in [-0.4, -0.2) is 39.8 Å². The van der Waals surface area contributed by atoms with Crippen LogP contribution >= 0.6 is 0 Å². The van der Waals surface area contributed by atoms with Gasteiger partial charge in [-0.05, 0) is 64.3 Å². The monoisotopic (exact) mass is 520 g/mol. The van der Waals surface area contributed by atoms with Gasteiger partial charge in [-0.1, -0.05) is 43.3 Å². The summed E-state index contributed by atoms with van der Waals surface area (Å²) in [6, 6.07) is 12.6. The number of nitrogens with zero attached hydrogens (tertiary/aromatic N) is 1. The molecule has 38 heavy (non-hydrogen) atoms. The van der Waals surface area contributed by atoms with Crippen LogP contribution in [0.2, 0.25) is 0 Å². The lowest BCUT2D eigenvalue weighted by Gasteiger charge is -2.24. The van der Waals surface area contributed by atoms with Gasteiger partial charge in [0, 0.05) is 23.9 Å². The first-order valence-electron chi connectivity index (χ1n) is 12.8. The zero-order valence-corrected chi connectivity index (χ0v) is 23.1. The van der Waals surface area contributed by atoms with Gasteiger partial charge >= 0.3 is 12.2 Å². The molecule has 202 valence electrons. The summed E-state index contributed by atoms with van der Waals surface area (Å²) in [5.41, 5.74) is 1.62. The maximum Gasteiger partial charge on any atom is 0.419 e. The molecule has 2 aromatic carbocycles. The molecule has 2 atom stereocenters. The summed E-state index contributed by atoms with van der Waals surface area (Å²) in [5, 5.41) is 3.50. The molecule has 3 aromatic rings. The molecule has 1 aliphatic carbocycles. The number of alkyl carbamates (subject to hydrolysis) is 1. The van der Waals surface area contributed by atoms with Crippen LogP contribution in [0, 0.1) is 0 Å². The lowest BCUT2D eigenvalue weighted by molar-refractivity contribution is -0.122. The van der Waals surface area contributed by atoms with Gasteiger partial charge in [0.05, 0.1) is 6.04 Å². The number of carbonyl (C=O) groups excluding carboxylic acids is 3. The highest BCUT2D eigenvalue weighted by atomic mass is 16.6. The number of amides is 1. The Morgan fingerprint density at radius 3 is 2.26 bits per heavy atom. The molecule has 0 aliphatic heterocycles. The Balaban J connectivity index is 1.79. The molecule has 0 spiro atoms. The molecule has 0 bridgehead atoms. The van der Waals surface area contributed by atoms with Gasteiger partial charge in [-0.25, -0.2) is 14.2 Å². The second-order valence-electron chi connectivity index (χ2n) is 11.7. The summed E-state index contributed by atoms with van der Waals surface area (Å²) in [6.07, 6.45) is 0.673. The van der Waals surface area contributed by atoms with Crippen LogP contribution in [-0.2, 0) is 27.3 Å². The van der Waals surface area contributed by atoms with E-state index in [1.54, 1.807) is 53.8 Å². The first-order chi connectivity index (χ1) is 17.7. The van der Waals surface area contributed by atoms with Crippen molar-refractivity contribution in [3.8, 4) is 5.75 Å². The van der Waals surface area contributed by atoms with Crippen LogP contribution in [0.1, 0.15) is 71.1 Å². The largest absolute Gasteiger partial charge is 0.487 e. The van der Waals surface area contributed by atoms with Gasteiger partial charge in [-0.3, -0.25) is 4.79 Å². The molecule has 0 radical (unpaired) electrons. The molecule has 1 aromatic heterocycles. The Morgan fingerprint density at radius 1 is 0.974 bits per heavy atom. The van der Waals surface area contributed by atoms with Crippen molar-refractivity contribution >= 4 is 28.9 Å². The van der Waals surface area contributed by atoms with Crippen LogP contribution in [0.25, 0.3) is 10.9 Å². The standard InChI is InChI=1S/C30H36N2O6/c1-18-21-13-14-23(36-17-19-11-9-8-10-12-19)25-24(21)20(16-32(25)28(35)38-30(5,6)7)15-22(26(18)33)31-27(34)37-29(2,3)4/h8-14,16,18,22H,15,17H2,1-7H3,(H,31,34)/t18-,22+/m1/s1. The van der Waals surface area contributed by atoms with E-state index in [4.69, 9.17) is 14.2 Å². The van der Waals surface area contributed by atoms with Crippen molar-refractivity contribution in [3.05, 3.63) is 65.4 Å². The molecule has 0 saturated carbocycles. The molecule has 8 nitrogen and oxygen atoms in total. The molecule has 0 saturated heterocycles. The van der Waals surface area contributed by atoms with Gasteiger partial charge < -0.3 is 19.5 Å². The van der Waals surface area contributed by atoms with Crippen molar-refractivity contribution in [1.29, 1.82) is 0 Å². The van der Waals surface area contributed by atoms with Gasteiger partial charge in [0.1, 0.15) is 29.1 Å². The van der Waals surface area contributed by atoms with Crippen molar-refractivity contribution in [3.63, 3.8) is 0 Å². The first-order valence-corrected chi connectivity index (χ1v) is 12.8. The van der Waals surface area contributed by atoms with E-state index in [1.165, 1.54) is 4.57 Å². The minimum atomic E-state index is -0.821. The van der Waals surface area contributed by atoms with E-state index in [9.17, 15) is 14.4 Å². The Labute approximate surface area is 223 Å². The smallest absolute Gasteiger partial charge is 0.419 e. The highest BCUT2D eigenvalue weighted by Crippen LogP contribution is 2.40. The second-order valence-corrected chi connectivity index (χ2v) is 11.7. The van der Waals surface area contributed by atoms with E-state index in [0.717, 1.165) is 22.1 Å². The van der Waals surface area contributed by atoms with Crippen molar-refractivity contribution in [2.45, 2.75) is 84.7 Å².